The molecule has 8 nitrogen and oxygen atoms in total. The fourth-order valence-corrected chi connectivity index (χ4v) is 13.8. The predicted octanol–water partition coefficient (Wildman–Crippen LogP) is 20.6. The van der Waals surface area contributed by atoms with Crippen LogP contribution in [0.3, 0.4) is 0 Å². The average Bonchev–Trinajstić information content (AvgIpc) is 1.57. The van der Waals surface area contributed by atoms with Gasteiger partial charge in [0.2, 0.25) is 5.78 Å². The van der Waals surface area contributed by atoms with E-state index in [1.165, 1.54) is 0 Å². The Hall–Kier alpha value is -12.0. The van der Waals surface area contributed by atoms with Crippen LogP contribution in [0.15, 0.2) is 316 Å². The molecule has 0 saturated heterocycles. The molecule has 0 aliphatic carbocycles. The minimum atomic E-state index is 0. The van der Waals surface area contributed by atoms with E-state index in [1.807, 2.05) is 24.4 Å². The second-order valence-electron chi connectivity index (χ2n) is 23.9. The van der Waals surface area contributed by atoms with Crippen molar-refractivity contribution in [2.45, 2.75) is 6.92 Å². The topological polar surface area (TPSA) is 58.1 Å². The first-order chi connectivity index (χ1) is 46.5. The van der Waals surface area contributed by atoms with Gasteiger partial charge in [-0.05, 0) is 157 Å². The van der Waals surface area contributed by atoms with E-state index in [1.54, 1.807) is 0 Å². The average molecular weight is 1400 g/mol. The minimum Gasteiger partial charge on any atom is -0.510 e. The van der Waals surface area contributed by atoms with E-state index in [4.69, 9.17) is 14.7 Å². The van der Waals surface area contributed by atoms with Gasteiger partial charge in [0.1, 0.15) is 5.82 Å². The maximum Gasteiger partial charge on any atom is 0.268 e. The number of fused-ring (bicyclic) bond motifs is 9. The Morgan fingerprint density at radius 1 is 0.389 bits per heavy atom. The number of rotatable bonds is 12. The summed E-state index contributed by atoms with van der Waals surface area (Å²) in [5.41, 5.74) is 24.8. The van der Waals surface area contributed by atoms with Crippen molar-refractivity contribution in [2.24, 2.45) is 0 Å². The number of hydrogen-bond donors (Lipinski definition) is 0. The molecule has 0 amide bonds. The van der Waals surface area contributed by atoms with E-state index in [9.17, 15) is 0 Å². The van der Waals surface area contributed by atoms with Crippen molar-refractivity contribution in [3.05, 3.63) is 340 Å². The molecular formula is C86H55N7OPt-2. The molecule has 5 aromatic heterocycles. The van der Waals surface area contributed by atoms with Crippen LogP contribution in [0.1, 0.15) is 5.56 Å². The van der Waals surface area contributed by atoms with Gasteiger partial charge in [0.05, 0.1) is 38.8 Å². The van der Waals surface area contributed by atoms with Crippen molar-refractivity contribution in [1.29, 1.82) is 0 Å². The van der Waals surface area contributed by atoms with Crippen LogP contribution in [0, 0.1) is 25.4 Å². The van der Waals surface area contributed by atoms with Gasteiger partial charge in [-0.15, -0.1) is 30.3 Å². The van der Waals surface area contributed by atoms with E-state index in [2.05, 4.69) is 339 Å². The molecule has 0 atom stereocenters. The summed E-state index contributed by atoms with van der Waals surface area (Å²) < 4.78 is 17.9. The van der Waals surface area contributed by atoms with E-state index in [0.29, 0.717) is 17.3 Å². The molecule has 95 heavy (non-hydrogen) atoms. The number of aromatic nitrogens is 7. The molecule has 18 rings (SSSR count). The van der Waals surface area contributed by atoms with E-state index in [0.717, 1.165) is 150 Å². The largest absolute Gasteiger partial charge is 0.510 e. The SMILES string of the molecule is Cc1cccc2c1nc1n(-c3cc4c(cn3)c3ccccc3n4-c3ccccc3)c3[c-]c(Oc4[c-]c(-n5[c-][n+](-c6c(-c7cc(-c8ccccc8)cc(-c8ccccc8)c7)cccc6-c6cc(-c7ccccc7)cc(-c7ccccc7)c6)c6ccccc65)ccc4)ccc3n21.[Pt]. The number of pyridine rings is 1. The van der Waals surface area contributed by atoms with Gasteiger partial charge in [-0.2, -0.15) is 12.1 Å². The minimum absolute atomic E-state index is 0. The van der Waals surface area contributed by atoms with E-state index in [-0.39, 0.29) is 21.1 Å². The maximum absolute atomic E-state index is 6.94. The Morgan fingerprint density at radius 3 is 1.53 bits per heavy atom. The third-order valence-electron chi connectivity index (χ3n) is 18.2. The van der Waals surface area contributed by atoms with Crippen molar-refractivity contribution in [3.63, 3.8) is 0 Å². The number of ether oxygens (including phenoxy) is 1. The monoisotopic (exact) mass is 1400 g/mol. The van der Waals surface area contributed by atoms with Gasteiger partial charge < -0.3 is 18.3 Å². The van der Waals surface area contributed by atoms with Crippen LogP contribution >= 0.6 is 0 Å². The Kier molecular flexibility index (Phi) is 14.2. The Bertz CT molecular complexity index is 5690. The zero-order valence-electron chi connectivity index (χ0n) is 51.4. The standard InChI is InChI=1S/C86H55N7O.Pt/c1-57-24-21-43-80-84(57)88-86-92(80)79-45-44-71(53-82(79)93(86)83-54-81-75(55-87-83)74-37-17-18-40-76(74)91(81)68-33-15-6-16-34-68)94-70-36-22-35-69(52-70)89-56-90(78-42-20-19-41-77(78)89)85-72(66-48-62(58-25-7-2-8-26-58)46-63(49-66)59-27-9-3-10-28-59)38-23-39-73(85)67-50-64(60-29-11-4-12-30-60)47-65(51-67)61-31-13-5-14-32-61;/h2-51,54-55H,1H3;/q-2;. The zero-order valence-corrected chi connectivity index (χ0v) is 53.6. The van der Waals surface area contributed by atoms with Gasteiger partial charge in [-0.1, -0.05) is 212 Å². The van der Waals surface area contributed by atoms with Crippen molar-refractivity contribution in [3.8, 4) is 101 Å². The first kappa shape index (κ1) is 57.0. The Labute approximate surface area is 563 Å². The van der Waals surface area contributed by atoms with Crippen LogP contribution in [0.2, 0.25) is 0 Å². The molecule has 0 bridgehead atoms. The third kappa shape index (κ3) is 9.93. The molecule has 0 N–H and O–H groups in total. The number of para-hydroxylation sites is 6. The van der Waals surface area contributed by atoms with Gasteiger partial charge in [0.15, 0.2) is 0 Å². The molecule has 452 valence electrons. The normalized spacial score (nSPS) is 11.5. The number of imidazole rings is 3. The molecule has 0 unspecified atom stereocenters. The maximum atomic E-state index is 6.94. The second-order valence-corrected chi connectivity index (χ2v) is 23.9. The van der Waals surface area contributed by atoms with Gasteiger partial charge in [-0.3, -0.25) is 9.13 Å². The molecule has 5 heterocycles. The van der Waals surface area contributed by atoms with Crippen LogP contribution in [0.25, 0.3) is 150 Å². The summed E-state index contributed by atoms with van der Waals surface area (Å²) >= 11 is 0. The molecule has 0 fully saturated rings. The number of nitrogens with zero attached hydrogens (tertiary/aromatic N) is 7. The molecule has 0 radical (unpaired) electrons. The smallest absolute Gasteiger partial charge is 0.268 e. The first-order valence-electron chi connectivity index (χ1n) is 31.6. The fraction of sp³-hybridized carbons (Fsp3) is 0.0116. The molecule has 18 aromatic rings. The molecule has 9 heteroatoms. The molecule has 13 aromatic carbocycles. The van der Waals surface area contributed by atoms with Crippen LogP contribution in [0.5, 0.6) is 11.5 Å². The summed E-state index contributed by atoms with van der Waals surface area (Å²) in [6.45, 7) is 2.11. The summed E-state index contributed by atoms with van der Waals surface area (Å²) in [7, 11) is 0. The zero-order chi connectivity index (χ0) is 62.2. The first-order valence-corrected chi connectivity index (χ1v) is 31.6. The fourth-order valence-electron chi connectivity index (χ4n) is 13.8. The van der Waals surface area contributed by atoms with Gasteiger partial charge >= 0.3 is 0 Å². The quantitative estimate of drug-likeness (QED) is 0.0905. The summed E-state index contributed by atoms with van der Waals surface area (Å²) in [5.74, 6) is 2.46. The van der Waals surface area contributed by atoms with Gasteiger partial charge in [0.25, 0.3) is 6.33 Å². The number of hydrogen-bond acceptors (Lipinski definition) is 3. The Balaban J connectivity index is 0.00000684. The second kappa shape index (κ2) is 23.6. The molecular weight excluding hydrogens is 1340 g/mol. The van der Waals surface area contributed by atoms with Crippen molar-refractivity contribution in [1.82, 2.24) is 28.1 Å². The molecule has 0 saturated carbocycles. The van der Waals surface area contributed by atoms with Crippen molar-refractivity contribution >= 4 is 60.7 Å². The van der Waals surface area contributed by atoms with Crippen LogP contribution in [0.4, 0.5) is 0 Å². The number of benzene rings is 13. The van der Waals surface area contributed by atoms with Crippen LogP contribution < -0.4 is 9.30 Å². The third-order valence-corrected chi connectivity index (χ3v) is 18.2. The summed E-state index contributed by atoms with van der Waals surface area (Å²) in [6, 6.07) is 117. The van der Waals surface area contributed by atoms with Crippen molar-refractivity contribution in [2.75, 3.05) is 0 Å². The van der Waals surface area contributed by atoms with Crippen LogP contribution in [-0.4, -0.2) is 28.1 Å². The summed E-state index contributed by atoms with van der Waals surface area (Å²) in [6.07, 6.45) is 5.94. The Morgan fingerprint density at radius 2 is 0.905 bits per heavy atom. The van der Waals surface area contributed by atoms with Crippen LogP contribution in [-0.2, 0) is 21.1 Å². The van der Waals surface area contributed by atoms with Crippen molar-refractivity contribution < 1.29 is 30.4 Å². The summed E-state index contributed by atoms with van der Waals surface area (Å²) in [4.78, 5) is 10.6. The number of aryl methyl sites for hydroxylation is 1. The van der Waals surface area contributed by atoms with E-state index >= 15 is 0 Å². The molecule has 0 spiro atoms. The van der Waals surface area contributed by atoms with Gasteiger partial charge in [0, 0.05) is 61.3 Å². The predicted molar refractivity (Wildman–Crippen MR) is 380 cm³/mol. The molecule has 0 aliphatic heterocycles. The van der Waals surface area contributed by atoms with Gasteiger partial charge in [-0.25, -0.2) is 9.97 Å². The summed E-state index contributed by atoms with van der Waals surface area (Å²) in [5, 5.41) is 2.19. The molecule has 0 aliphatic rings. The van der Waals surface area contributed by atoms with E-state index < -0.39 is 0 Å².